The summed E-state index contributed by atoms with van der Waals surface area (Å²) in [6, 6.07) is -5.42. The molecule has 30 heavy (non-hydrogen) atoms. The first-order valence-electron chi connectivity index (χ1n) is 7.13. The summed E-state index contributed by atoms with van der Waals surface area (Å²) in [5.41, 5.74) is 0. The van der Waals surface area contributed by atoms with E-state index in [2.05, 4.69) is 0 Å². The van der Waals surface area contributed by atoms with Crippen LogP contribution in [0.3, 0.4) is 0 Å². The zero-order chi connectivity index (χ0) is 24.3. The number of carboxylic acid groups (broad SMARTS) is 2. The molecule has 0 aromatic heterocycles. The molecule has 2 unspecified atom stereocenters. The Balaban J connectivity index is 6.01. The fourth-order valence-electron chi connectivity index (χ4n) is 1.55. The van der Waals surface area contributed by atoms with Crippen molar-refractivity contribution < 1.29 is 74.7 Å². The molecule has 0 aliphatic heterocycles. The van der Waals surface area contributed by atoms with Gasteiger partial charge in [0.2, 0.25) is 0 Å². The highest BCUT2D eigenvalue weighted by Crippen LogP contribution is 2.52. The van der Waals surface area contributed by atoms with Gasteiger partial charge in [0, 0.05) is 0 Å². The van der Waals surface area contributed by atoms with Crippen LogP contribution >= 0.6 is 0 Å². The monoisotopic (exact) mass is 464 g/mol. The summed E-state index contributed by atoms with van der Waals surface area (Å²) < 4.78 is 109. The maximum Gasteiger partial charge on any atom is 0.392 e. The maximum absolute atomic E-state index is 13.6. The number of carbonyl (C=O) groups is 4. The van der Waals surface area contributed by atoms with Crippen LogP contribution in [0, 0.1) is 0 Å². The molecule has 0 radical (unpaired) electrons. The number of halogens is 8. The largest absolute Gasteiger partial charge is 0.480 e. The summed E-state index contributed by atoms with van der Waals surface area (Å²) in [6.07, 6.45) is 0. The number of carbonyl (C=O) groups excluding carboxylic acids is 2. The van der Waals surface area contributed by atoms with Crippen molar-refractivity contribution in [1.29, 1.82) is 0 Å². The molecular weight excluding hydrogens is 452 g/mol. The molecule has 0 saturated heterocycles. The third-order valence-electron chi connectivity index (χ3n) is 3.33. The molecule has 0 spiro atoms. The first-order chi connectivity index (χ1) is 13.3. The molecule has 18 heteroatoms. The van der Waals surface area contributed by atoms with Crippen LogP contribution in [0.5, 0.6) is 0 Å². The van der Waals surface area contributed by atoms with Crippen LogP contribution in [0.2, 0.25) is 0 Å². The van der Waals surface area contributed by atoms with Gasteiger partial charge in [0.05, 0.1) is 13.2 Å². The van der Waals surface area contributed by atoms with E-state index >= 15 is 0 Å². The number of aliphatic hydroxyl groups excluding tert-OH is 2. The van der Waals surface area contributed by atoms with Crippen LogP contribution in [-0.2, 0) is 19.2 Å². The molecule has 0 aromatic carbocycles. The lowest BCUT2D eigenvalue weighted by Crippen LogP contribution is -2.70. The molecule has 2 atom stereocenters. The summed E-state index contributed by atoms with van der Waals surface area (Å²) in [4.78, 5) is 43.2. The predicted octanol–water partition coefficient (Wildman–Crippen LogP) is -1.35. The highest BCUT2D eigenvalue weighted by Gasteiger charge is 2.84. The van der Waals surface area contributed by atoms with Gasteiger partial charge in [-0.3, -0.25) is 9.59 Å². The number of hydrogen-bond donors (Lipinski definition) is 6. The van der Waals surface area contributed by atoms with Crippen molar-refractivity contribution in [1.82, 2.24) is 10.6 Å². The molecule has 10 nitrogen and oxygen atoms in total. The molecule has 6 N–H and O–H groups in total. The fraction of sp³-hybridized carbons (Fsp3) is 0.667. The highest BCUT2D eigenvalue weighted by atomic mass is 19.4. The zero-order valence-corrected chi connectivity index (χ0v) is 14.0. The molecule has 0 aliphatic rings. The number of alkyl halides is 8. The average Bonchev–Trinajstić information content (AvgIpc) is 2.62. The zero-order valence-electron chi connectivity index (χ0n) is 14.0. The smallest absolute Gasteiger partial charge is 0.392 e. The number of hydrogen-bond acceptors (Lipinski definition) is 6. The number of amides is 2. The second kappa shape index (κ2) is 8.94. The van der Waals surface area contributed by atoms with E-state index in [1.54, 1.807) is 0 Å². The normalized spacial score (nSPS) is 15.1. The van der Waals surface area contributed by atoms with Crippen LogP contribution in [0.1, 0.15) is 0 Å². The van der Waals surface area contributed by atoms with E-state index in [1.807, 2.05) is 0 Å². The van der Waals surface area contributed by atoms with E-state index in [0.717, 1.165) is 0 Å². The maximum atomic E-state index is 13.6. The Morgan fingerprint density at radius 2 is 0.867 bits per heavy atom. The molecule has 0 rings (SSSR count). The van der Waals surface area contributed by atoms with Gasteiger partial charge in [-0.2, -0.15) is 35.1 Å². The molecule has 0 aliphatic carbocycles. The van der Waals surface area contributed by atoms with Gasteiger partial charge >= 0.3 is 35.6 Å². The predicted molar refractivity (Wildman–Crippen MR) is 73.1 cm³/mol. The van der Waals surface area contributed by atoms with Gasteiger partial charge in [-0.05, 0) is 0 Å². The molecular formula is C12H12F8N2O8. The Hall–Kier alpha value is -2.76. The van der Waals surface area contributed by atoms with Crippen LogP contribution < -0.4 is 10.6 Å². The topological polar surface area (TPSA) is 173 Å². The van der Waals surface area contributed by atoms with E-state index in [0.29, 0.717) is 10.6 Å². The Morgan fingerprint density at radius 1 is 0.633 bits per heavy atom. The third-order valence-corrected chi connectivity index (χ3v) is 3.33. The van der Waals surface area contributed by atoms with Crippen molar-refractivity contribution in [2.45, 2.75) is 35.8 Å². The number of aliphatic hydroxyl groups is 2. The van der Waals surface area contributed by atoms with Crippen molar-refractivity contribution in [3.8, 4) is 0 Å². The fourth-order valence-corrected chi connectivity index (χ4v) is 1.55. The van der Waals surface area contributed by atoms with Crippen LogP contribution in [-0.4, -0.2) is 93.2 Å². The van der Waals surface area contributed by atoms with E-state index < -0.39 is 72.7 Å². The minimum absolute atomic E-state index is 0.514. The molecule has 0 bridgehead atoms. The Morgan fingerprint density at radius 3 is 1.03 bits per heavy atom. The summed E-state index contributed by atoms with van der Waals surface area (Å²) in [5, 5.41) is 34.9. The number of aliphatic carboxylic acids is 2. The van der Waals surface area contributed by atoms with Gasteiger partial charge in [-0.15, -0.1) is 0 Å². The summed E-state index contributed by atoms with van der Waals surface area (Å²) >= 11 is 0. The van der Waals surface area contributed by atoms with Gasteiger partial charge in [0.15, 0.2) is 12.1 Å². The van der Waals surface area contributed by atoms with Crippen LogP contribution in [0.4, 0.5) is 35.1 Å². The van der Waals surface area contributed by atoms with Gasteiger partial charge in [0.25, 0.3) is 11.8 Å². The third kappa shape index (κ3) is 4.69. The molecule has 2 amide bonds. The minimum atomic E-state index is -7.35. The lowest BCUT2D eigenvalue weighted by atomic mass is 9.97. The number of nitrogens with one attached hydrogen (secondary N) is 2. The minimum Gasteiger partial charge on any atom is -0.480 e. The summed E-state index contributed by atoms with van der Waals surface area (Å²) in [5.74, 6) is -39.8. The molecule has 0 fully saturated rings. The lowest BCUT2D eigenvalue weighted by molar-refractivity contribution is -0.347. The van der Waals surface area contributed by atoms with Crippen molar-refractivity contribution in [3.05, 3.63) is 0 Å². The SMILES string of the molecule is O=C(O)C(CO)NC(=O)C(F)(F)C(F)(F)C(F)(F)C(F)(F)C(=O)NC(CO)C(=O)O. The number of carboxylic acids is 2. The second-order valence-corrected chi connectivity index (χ2v) is 5.39. The first kappa shape index (κ1) is 27.2. The van der Waals surface area contributed by atoms with Crippen molar-refractivity contribution >= 4 is 23.8 Å². The van der Waals surface area contributed by atoms with Crippen molar-refractivity contribution in [3.63, 3.8) is 0 Å². The quantitative estimate of drug-likeness (QED) is 0.204. The van der Waals surface area contributed by atoms with Crippen molar-refractivity contribution in [2.24, 2.45) is 0 Å². The molecule has 0 heterocycles. The standard InChI is InChI=1S/C12H12F8N2O8/c13-9(14,7(29)21-3(1-23)5(25)26)11(17,18)12(19,20)10(15,16)8(30)22-4(2-24)6(27)28/h3-4,23-24H,1-2H2,(H,21,29)(H,22,30)(H,25,26)(H,27,28). The van der Waals surface area contributed by atoms with E-state index in [9.17, 15) is 54.3 Å². The van der Waals surface area contributed by atoms with Crippen LogP contribution in [0.25, 0.3) is 0 Å². The van der Waals surface area contributed by atoms with E-state index in [1.165, 1.54) is 0 Å². The van der Waals surface area contributed by atoms with Crippen molar-refractivity contribution in [2.75, 3.05) is 13.2 Å². The Kier molecular flexibility index (Phi) is 8.12. The van der Waals surface area contributed by atoms with E-state index in [4.69, 9.17) is 20.4 Å². The van der Waals surface area contributed by atoms with Gasteiger partial charge in [-0.25, -0.2) is 9.59 Å². The lowest BCUT2D eigenvalue weighted by Gasteiger charge is -2.35. The summed E-state index contributed by atoms with van der Waals surface area (Å²) in [7, 11) is 0. The molecule has 174 valence electrons. The second-order valence-electron chi connectivity index (χ2n) is 5.39. The highest BCUT2D eigenvalue weighted by molar-refractivity contribution is 5.91. The molecule has 0 saturated carbocycles. The van der Waals surface area contributed by atoms with Gasteiger partial charge in [-0.1, -0.05) is 0 Å². The summed E-state index contributed by atoms with van der Waals surface area (Å²) in [6.45, 7) is -3.37. The average molecular weight is 464 g/mol. The Labute approximate surface area is 159 Å². The number of rotatable bonds is 11. The molecule has 0 aromatic rings. The van der Waals surface area contributed by atoms with E-state index in [-0.39, 0.29) is 0 Å². The Bertz CT molecular complexity index is 644. The van der Waals surface area contributed by atoms with Gasteiger partial charge in [0.1, 0.15) is 0 Å². The van der Waals surface area contributed by atoms with Crippen LogP contribution in [0.15, 0.2) is 0 Å². The first-order valence-corrected chi connectivity index (χ1v) is 7.13. The van der Waals surface area contributed by atoms with Gasteiger partial charge < -0.3 is 31.1 Å².